The lowest BCUT2D eigenvalue weighted by Crippen LogP contribution is -2.09. The summed E-state index contributed by atoms with van der Waals surface area (Å²) in [6.07, 6.45) is 5.71. The average Bonchev–Trinajstić information content (AvgIpc) is 3.18. The number of H-pyrrole nitrogens is 1. The van der Waals surface area contributed by atoms with Gasteiger partial charge in [-0.25, -0.2) is 9.67 Å². The molecule has 1 fully saturated rings. The molecular formula is C14H13N5O. The minimum Gasteiger partial charge on any atom is -0.397 e. The van der Waals surface area contributed by atoms with E-state index in [0.29, 0.717) is 22.5 Å². The quantitative estimate of drug-likeness (QED) is 0.690. The molecule has 1 aliphatic rings. The van der Waals surface area contributed by atoms with E-state index in [9.17, 15) is 4.79 Å². The zero-order valence-corrected chi connectivity index (χ0v) is 10.7. The Bertz CT molecular complexity index is 859. The van der Waals surface area contributed by atoms with E-state index in [0.717, 1.165) is 11.4 Å². The number of anilines is 1. The number of benzene rings is 1. The summed E-state index contributed by atoms with van der Waals surface area (Å²) in [5.41, 5.74) is 8.84. The highest BCUT2D eigenvalue weighted by Crippen LogP contribution is 2.39. The summed E-state index contributed by atoms with van der Waals surface area (Å²) < 4.78 is 1.76. The standard InChI is InChI=1S/C14H13N5O/c15-10-5-9-12(16-7-17-14(9)20)6-13(10)19-4-3-11(18-19)8-1-2-8/h3-8H,1-2,15H2,(H,16,17,20). The summed E-state index contributed by atoms with van der Waals surface area (Å²) in [4.78, 5) is 18.4. The lowest BCUT2D eigenvalue weighted by Gasteiger charge is -2.07. The van der Waals surface area contributed by atoms with Gasteiger partial charge in [-0.2, -0.15) is 5.10 Å². The third kappa shape index (κ3) is 1.69. The first-order chi connectivity index (χ1) is 9.72. The number of nitrogens with zero attached hydrogens (tertiary/aromatic N) is 3. The van der Waals surface area contributed by atoms with Gasteiger partial charge in [0.05, 0.1) is 34.3 Å². The highest BCUT2D eigenvalue weighted by molar-refractivity contribution is 5.85. The average molecular weight is 267 g/mol. The number of nitrogens with one attached hydrogen (secondary N) is 1. The minimum absolute atomic E-state index is 0.188. The highest BCUT2D eigenvalue weighted by atomic mass is 16.1. The lowest BCUT2D eigenvalue weighted by molar-refractivity contribution is 0.840. The summed E-state index contributed by atoms with van der Waals surface area (Å²) in [5.74, 6) is 0.596. The van der Waals surface area contributed by atoms with E-state index in [-0.39, 0.29) is 5.56 Å². The van der Waals surface area contributed by atoms with Crippen molar-refractivity contribution >= 4 is 16.6 Å². The maximum absolute atomic E-state index is 11.7. The van der Waals surface area contributed by atoms with E-state index in [1.807, 2.05) is 12.3 Å². The molecule has 0 bridgehead atoms. The maximum atomic E-state index is 11.7. The van der Waals surface area contributed by atoms with Crippen LogP contribution in [0.3, 0.4) is 0 Å². The van der Waals surface area contributed by atoms with E-state index in [4.69, 9.17) is 5.73 Å². The zero-order valence-electron chi connectivity index (χ0n) is 10.7. The number of nitrogens with two attached hydrogens (primary N) is 1. The van der Waals surface area contributed by atoms with E-state index < -0.39 is 0 Å². The summed E-state index contributed by atoms with van der Waals surface area (Å²) in [6, 6.07) is 5.46. The summed E-state index contributed by atoms with van der Waals surface area (Å²) in [5, 5.41) is 5.04. The Labute approximate surface area is 114 Å². The smallest absolute Gasteiger partial charge is 0.258 e. The molecule has 20 heavy (non-hydrogen) atoms. The molecule has 2 heterocycles. The van der Waals surface area contributed by atoms with Gasteiger partial charge < -0.3 is 10.7 Å². The van der Waals surface area contributed by atoms with Gasteiger partial charge in [-0.15, -0.1) is 0 Å². The van der Waals surface area contributed by atoms with Crippen molar-refractivity contribution in [2.75, 3.05) is 5.73 Å². The van der Waals surface area contributed by atoms with Gasteiger partial charge >= 0.3 is 0 Å². The maximum Gasteiger partial charge on any atom is 0.258 e. The van der Waals surface area contributed by atoms with Crippen molar-refractivity contribution in [3.05, 3.63) is 46.8 Å². The van der Waals surface area contributed by atoms with Crippen LogP contribution in [0.25, 0.3) is 16.6 Å². The second-order valence-electron chi connectivity index (χ2n) is 5.12. The molecule has 3 aromatic rings. The van der Waals surface area contributed by atoms with Gasteiger partial charge in [0, 0.05) is 12.1 Å². The highest BCUT2D eigenvalue weighted by Gasteiger charge is 2.26. The molecule has 6 nitrogen and oxygen atoms in total. The van der Waals surface area contributed by atoms with Crippen LogP contribution < -0.4 is 11.3 Å². The van der Waals surface area contributed by atoms with Gasteiger partial charge in [-0.3, -0.25) is 4.79 Å². The van der Waals surface area contributed by atoms with Crippen molar-refractivity contribution in [3.8, 4) is 5.69 Å². The molecule has 0 unspecified atom stereocenters. The number of fused-ring (bicyclic) bond motifs is 1. The van der Waals surface area contributed by atoms with Gasteiger partial charge in [-0.05, 0) is 31.0 Å². The van der Waals surface area contributed by atoms with Gasteiger partial charge in [0.1, 0.15) is 0 Å². The Morgan fingerprint density at radius 3 is 3.00 bits per heavy atom. The van der Waals surface area contributed by atoms with Gasteiger partial charge in [0.2, 0.25) is 0 Å². The predicted molar refractivity (Wildman–Crippen MR) is 75.9 cm³/mol. The third-order valence-electron chi connectivity index (χ3n) is 3.64. The Hall–Kier alpha value is -2.63. The first-order valence-corrected chi connectivity index (χ1v) is 6.55. The molecule has 6 heteroatoms. The van der Waals surface area contributed by atoms with Crippen LogP contribution >= 0.6 is 0 Å². The van der Waals surface area contributed by atoms with E-state index in [2.05, 4.69) is 15.1 Å². The molecule has 1 aromatic carbocycles. The van der Waals surface area contributed by atoms with Crippen molar-refractivity contribution < 1.29 is 0 Å². The van der Waals surface area contributed by atoms with Crippen molar-refractivity contribution in [1.29, 1.82) is 0 Å². The zero-order chi connectivity index (χ0) is 13.7. The van der Waals surface area contributed by atoms with Crippen molar-refractivity contribution in [2.45, 2.75) is 18.8 Å². The SMILES string of the molecule is Nc1cc2c(=O)[nH]cnc2cc1-n1ccc(C2CC2)n1. The van der Waals surface area contributed by atoms with Crippen LogP contribution in [0.2, 0.25) is 0 Å². The molecule has 2 aromatic heterocycles. The minimum atomic E-state index is -0.188. The molecule has 1 aliphatic carbocycles. The summed E-state index contributed by atoms with van der Waals surface area (Å²) >= 11 is 0. The summed E-state index contributed by atoms with van der Waals surface area (Å²) in [7, 11) is 0. The molecule has 1 saturated carbocycles. The Morgan fingerprint density at radius 1 is 1.35 bits per heavy atom. The van der Waals surface area contributed by atoms with Gasteiger partial charge in [0.25, 0.3) is 5.56 Å². The number of hydrogen-bond acceptors (Lipinski definition) is 4. The topological polar surface area (TPSA) is 89.6 Å². The molecular weight excluding hydrogens is 254 g/mol. The Kier molecular flexibility index (Phi) is 2.20. The number of hydrogen-bond donors (Lipinski definition) is 2. The monoisotopic (exact) mass is 267 g/mol. The fourth-order valence-corrected chi connectivity index (χ4v) is 2.39. The third-order valence-corrected chi connectivity index (χ3v) is 3.64. The first-order valence-electron chi connectivity index (χ1n) is 6.55. The van der Waals surface area contributed by atoms with Crippen LogP contribution in [0.1, 0.15) is 24.5 Å². The molecule has 0 spiro atoms. The van der Waals surface area contributed by atoms with E-state index in [1.165, 1.54) is 19.2 Å². The predicted octanol–water partition coefficient (Wildman–Crippen LogP) is 1.57. The Balaban J connectivity index is 1.89. The molecule has 4 rings (SSSR count). The molecule has 3 N–H and O–H groups in total. The fourth-order valence-electron chi connectivity index (χ4n) is 2.39. The number of rotatable bonds is 2. The molecule has 0 radical (unpaired) electrons. The lowest BCUT2D eigenvalue weighted by atomic mass is 10.2. The number of aromatic amines is 1. The van der Waals surface area contributed by atoms with Crippen molar-refractivity contribution in [2.24, 2.45) is 0 Å². The second kappa shape index (κ2) is 3.93. The van der Waals surface area contributed by atoms with Crippen LogP contribution in [-0.4, -0.2) is 19.7 Å². The summed E-state index contributed by atoms with van der Waals surface area (Å²) in [6.45, 7) is 0. The second-order valence-corrected chi connectivity index (χ2v) is 5.12. The van der Waals surface area contributed by atoms with Crippen molar-refractivity contribution in [3.63, 3.8) is 0 Å². The van der Waals surface area contributed by atoms with Crippen LogP contribution in [-0.2, 0) is 0 Å². The van der Waals surface area contributed by atoms with Crippen LogP contribution in [0.5, 0.6) is 0 Å². The van der Waals surface area contributed by atoms with Crippen molar-refractivity contribution in [1.82, 2.24) is 19.7 Å². The molecule has 0 amide bonds. The van der Waals surface area contributed by atoms with Crippen LogP contribution in [0.4, 0.5) is 5.69 Å². The molecule has 100 valence electrons. The molecule has 0 atom stereocenters. The normalized spacial score (nSPS) is 14.8. The Morgan fingerprint density at radius 2 is 2.20 bits per heavy atom. The fraction of sp³-hybridized carbons (Fsp3) is 0.214. The van der Waals surface area contributed by atoms with E-state index >= 15 is 0 Å². The molecule has 0 saturated heterocycles. The van der Waals surface area contributed by atoms with Gasteiger partial charge in [0.15, 0.2) is 0 Å². The number of aromatic nitrogens is 4. The van der Waals surface area contributed by atoms with Crippen LogP contribution in [0, 0.1) is 0 Å². The number of nitrogen functional groups attached to an aromatic ring is 1. The van der Waals surface area contributed by atoms with Crippen LogP contribution in [0.15, 0.2) is 35.5 Å². The van der Waals surface area contributed by atoms with E-state index in [1.54, 1.807) is 16.8 Å². The largest absolute Gasteiger partial charge is 0.397 e. The molecule has 0 aliphatic heterocycles. The first kappa shape index (κ1) is 11.2. The van der Waals surface area contributed by atoms with Gasteiger partial charge in [-0.1, -0.05) is 0 Å².